The highest BCUT2D eigenvalue weighted by Crippen LogP contribution is 2.15. The number of carbonyl (C=O) groups excluding carboxylic acids is 1. The van der Waals surface area contributed by atoms with Gasteiger partial charge >= 0.3 is 0 Å². The lowest BCUT2D eigenvalue weighted by atomic mass is 10.2. The molecule has 6 heteroatoms. The van der Waals surface area contributed by atoms with E-state index in [2.05, 4.69) is 20.3 Å². The Bertz CT molecular complexity index is 792. The SMILES string of the molecule is CC(Oc1ccccc1)C(=O)Nc1cnc(-c2cccnc2)nc1. The highest BCUT2D eigenvalue weighted by Gasteiger charge is 2.15. The van der Waals surface area contributed by atoms with Gasteiger partial charge in [-0.25, -0.2) is 9.97 Å². The summed E-state index contributed by atoms with van der Waals surface area (Å²) in [5.74, 6) is 0.926. The summed E-state index contributed by atoms with van der Waals surface area (Å²) < 4.78 is 5.58. The number of hydrogen-bond acceptors (Lipinski definition) is 5. The van der Waals surface area contributed by atoms with Gasteiger partial charge in [0, 0.05) is 18.0 Å². The standard InChI is InChI=1S/C18H16N4O2/c1-13(24-16-7-3-2-4-8-16)18(23)22-15-11-20-17(21-12-15)14-6-5-9-19-10-14/h2-13H,1H3,(H,22,23). The van der Waals surface area contributed by atoms with E-state index in [1.165, 1.54) is 0 Å². The predicted octanol–water partition coefficient (Wildman–Crippen LogP) is 2.94. The lowest BCUT2D eigenvalue weighted by Gasteiger charge is -2.14. The van der Waals surface area contributed by atoms with E-state index in [9.17, 15) is 4.79 Å². The molecule has 0 saturated heterocycles. The molecular formula is C18H16N4O2. The zero-order valence-electron chi connectivity index (χ0n) is 13.1. The second kappa shape index (κ2) is 7.32. The second-order valence-electron chi connectivity index (χ2n) is 5.10. The zero-order valence-corrected chi connectivity index (χ0v) is 13.1. The molecule has 0 aliphatic rings. The minimum Gasteiger partial charge on any atom is -0.481 e. The van der Waals surface area contributed by atoms with Gasteiger partial charge in [0.1, 0.15) is 5.75 Å². The summed E-state index contributed by atoms with van der Waals surface area (Å²) in [6.45, 7) is 1.69. The minimum atomic E-state index is -0.634. The summed E-state index contributed by atoms with van der Waals surface area (Å²) in [6.07, 6.45) is 5.85. The molecule has 1 atom stereocenters. The molecule has 24 heavy (non-hydrogen) atoms. The van der Waals surface area contributed by atoms with Crippen molar-refractivity contribution in [2.24, 2.45) is 0 Å². The lowest BCUT2D eigenvalue weighted by Crippen LogP contribution is -2.30. The number of rotatable bonds is 5. The van der Waals surface area contributed by atoms with Crippen LogP contribution >= 0.6 is 0 Å². The normalized spacial score (nSPS) is 11.5. The van der Waals surface area contributed by atoms with Crippen molar-refractivity contribution in [1.29, 1.82) is 0 Å². The highest BCUT2D eigenvalue weighted by atomic mass is 16.5. The van der Waals surface area contributed by atoms with Crippen LogP contribution in [0.25, 0.3) is 11.4 Å². The van der Waals surface area contributed by atoms with Gasteiger partial charge in [-0.2, -0.15) is 0 Å². The Kier molecular flexibility index (Phi) is 4.76. The number of anilines is 1. The third kappa shape index (κ3) is 3.92. The molecule has 3 aromatic rings. The van der Waals surface area contributed by atoms with Crippen LogP contribution in [0.3, 0.4) is 0 Å². The van der Waals surface area contributed by atoms with Gasteiger partial charge < -0.3 is 10.1 Å². The smallest absolute Gasteiger partial charge is 0.265 e. The van der Waals surface area contributed by atoms with Crippen molar-refractivity contribution < 1.29 is 9.53 Å². The Morgan fingerprint density at radius 1 is 1.04 bits per heavy atom. The van der Waals surface area contributed by atoms with Crippen molar-refractivity contribution in [3.8, 4) is 17.1 Å². The van der Waals surface area contributed by atoms with Crippen LogP contribution in [0, 0.1) is 0 Å². The Morgan fingerprint density at radius 2 is 1.79 bits per heavy atom. The molecule has 120 valence electrons. The van der Waals surface area contributed by atoms with Crippen molar-refractivity contribution in [2.45, 2.75) is 13.0 Å². The summed E-state index contributed by atoms with van der Waals surface area (Å²) in [4.78, 5) is 24.7. The van der Waals surface area contributed by atoms with E-state index in [-0.39, 0.29) is 5.91 Å². The predicted molar refractivity (Wildman–Crippen MR) is 90.4 cm³/mol. The fourth-order valence-electron chi connectivity index (χ4n) is 2.04. The number of nitrogens with zero attached hydrogens (tertiary/aromatic N) is 3. The molecule has 0 spiro atoms. The monoisotopic (exact) mass is 320 g/mol. The minimum absolute atomic E-state index is 0.267. The Balaban J connectivity index is 1.62. The van der Waals surface area contributed by atoms with Crippen LogP contribution in [-0.4, -0.2) is 27.0 Å². The Morgan fingerprint density at radius 3 is 2.46 bits per heavy atom. The molecule has 1 amide bonds. The van der Waals surface area contributed by atoms with E-state index in [1.807, 2.05) is 30.3 Å². The van der Waals surface area contributed by atoms with Crippen molar-refractivity contribution >= 4 is 11.6 Å². The van der Waals surface area contributed by atoms with E-state index in [0.717, 1.165) is 5.56 Å². The zero-order chi connectivity index (χ0) is 16.8. The summed E-state index contributed by atoms with van der Waals surface area (Å²) in [5.41, 5.74) is 1.33. The molecule has 0 aliphatic carbocycles. The van der Waals surface area contributed by atoms with Gasteiger partial charge in [0.25, 0.3) is 5.91 Å². The molecule has 0 aliphatic heterocycles. The van der Waals surface area contributed by atoms with E-state index >= 15 is 0 Å². The van der Waals surface area contributed by atoms with Gasteiger partial charge in [-0.05, 0) is 31.2 Å². The molecule has 6 nitrogen and oxygen atoms in total. The maximum Gasteiger partial charge on any atom is 0.265 e. The molecule has 0 bridgehead atoms. The van der Waals surface area contributed by atoms with Crippen LogP contribution in [0.1, 0.15) is 6.92 Å². The largest absolute Gasteiger partial charge is 0.481 e. The van der Waals surface area contributed by atoms with Gasteiger partial charge in [0.2, 0.25) is 0 Å². The molecule has 1 unspecified atom stereocenters. The first kappa shape index (κ1) is 15.6. The van der Waals surface area contributed by atoms with Crippen LogP contribution in [0.5, 0.6) is 5.75 Å². The van der Waals surface area contributed by atoms with Crippen LogP contribution in [0.2, 0.25) is 0 Å². The maximum atomic E-state index is 12.2. The topological polar surface area (TPSA) is 77.0 Å². The fraction of sp³-hybridized carbons (Fsp3) is 0.111. The number of aromatic nitrogens is 3. The first-order chi connectivity index (χ1) is 11.7. The Hall–Kier alpha value is -3.28. The highest BCUT2D eigenvalue weighted by molar-refractivity contribution is 5.93. The third-order valence-corrected chi connectivity index (χ3v) is 3.26. The van der Waals surface area contributed by atoms with Crippen LogP contribution < -0.4 is 10.1 Å². The fourth-order valence-corrected chi connectivity index (χ4v) is 2.04. The van der Waals surface area contributed by atoms with Crippen LogP contribution in [0.15, 0.2) is 67.3 Å². The quantitative estimate of drug-likeness (QED) is 0.782. The molecule has 2 heterocycles. The molecule has 1 aromatic carbocycles. The third-order valence-electron chi connectivity index (χ3n) is 3.26. The molecule has 3 rings (SSSR count). The summed E-state index contributed by atoms with van der Waals surface area (Å²) >= 11 is 0. The lowest BCUT2D eigenvalue weighted by molar-refractivity contribution is -0.122. The molecule has 2 aromatic heterocycles. The summed E-state index contributed by atoms with van der Waals surface area (Å²) in [7, 11) is 0. The van der Waals surface area contributed by atoms with E-state index in [0.29, 0.717) is 17.3 Å². The number of hydrogen-bond donors (Lipinski definition) is 1. The van der Waals surface area contributed by atoms with Crippen molar-refractivity contribution in [3.63, 3.8) is 0 Å². The van der Waals surface area contributed by atoms with Gasteiger partial charge in [-0.1, -0.05) is 18.2 Å². The van der Waals surface area contributed by atoms with Crippen LogP contribution in [-0.2, 0) is 4.79 Å². The number of ether oxygens (including phenoxy) is 1. The van der Waals surface area contributed by atoms with Gasteiger partial charge in [-0.15, -0.1) is 0 Å². The molecule has 0 saturated carbocycles. The molecule has 0 radical (unpaired) electrons. The summed E-state index contributed by atoms with van der Waals surface area (Å²) in [6, 6.07) is 12.9. The van der Waals surface area contributed by atoms with Crippen molar-refractivity contribution in [1.82, 2.24) is 15.0 Å². The van der Waals surface area contributed by atoms with E-state index < -0.39 is 6.10 Å². The number of nitrogens with one attached hydrogen (secondary N) is 1. The molecule has 1 N–H and O–H groups in total. The molecule has 0 fully saturated rings. The summed E-state index contributed by atoms with van der Waals surface area (Å²) in [5, 5.41) is 2.74. The first-order valence-corrected chi connectivity index (χ1v) is 7.47. The maximum absolute atomic E-state index is 12.2. The van der Waals surface area contributed by atoms with Gasteiger partial charge in [0.05, 0.1) is 18.1 Å². The van der Waals surface area contributed by atoms with E-state index in [1.54, 1.807) is 43.8 Å². The average molecular weight is 320 g/mol. The van der Waals surface area contributed by atoms with Crippen molar-refractivity contribution in [3.05, 3.63) is 67.3 Å². The number of carbonyl (C=O) groups is 1. The number of benzene rings is 1. The van der Waals surface area contributed by atoms with Gasteiger partial charge in [0.15, 0.2) is 11.9 Å². The Labute approximate surface area is 139 Å². The number of pyridine rings is 1. The van der Waals surface area contributed by atoms with Gasteiger partial charge in [-0.3, -0.25) is 9.78 Å². The molecular weight excluding hydrogens is 304 g/mol. The van der Waals surface area contributed by atoms with E-state index in [4.69, 9.17) is 4.74 Å². The van der Waals surface area contributed by atoms with Crippen LogP contribution in [0.4, 0.5) is 5.69 Å². The first-order valence-electron chi connectivity index (χ1n) is 7.47. The average Bonchev–Trinajstić information content (AvgIpc) is 2.64. The number of amides is 1. The van der Waals surface area contributed by atoms with Crippen molar-refractivity contribution in [2.75, 3.05) is 5.32 Å². The number of para-hydroxylation sites is 1. The second-order valence-corrected chi connectivity index (χ2v) is 5.10.